The van der Waals surface area contributed by atoms with Crippen LogP contribution < -0.4 is 5.46 Å². The largest absolute Gasteiger partial charge is 0.494 e. The van der Waals surface area contributed by atoms with Crippen molar-refractivity contribution in [3.05, 3.63) is 48.5 Å². The van der Waals surface area contributed by atoms with Gasteiger partial charge in [0.05, 0.1) is 16.9 Å². The van der Waals surface area contributed by atoms with Crippen LogP contribution in [0.5, 0.6) is 0 Å². The Morgan fingerprint density at radius 3 is 1.65 bits per heavy atom. The first-order chi connectivity index (χ1) is 12.0. The summed E-state index contributed by atoms with van der Waals surface area (Å²) in [5.74, 6) is 0. The number of hydrogen-bond acceptors (Lipinski definition) is 4. The molecule has 2 aromatic carbocycles. The van der Waals surface area contributed by atoms with Gasteiger partial charge in [-0.3, -0.25) is 0 Å². The first-order valence-electron chi connectivity index (χ1n) is 8.70. The highest BCUT2D eigenvalue weighted by Gasteiger charge is 2.51. The summed E-state index contributed by atoms with van der Waals surface area (Å²) in [5.41, 5.74) is 3.25. The second-order valence-corrected chi connectivity index (χ2v) is 10.6. The molecule has 1 saturated heterocycles. The smallest absolute Gasteiger partial charge is 0.399 e. The van der Waals surface area contributed by atoms with Crippen LogP contribution in [0.4, 0.5) is 5.69 Å². The standard InChI is InChI=1S/C20H26BNO3S/c1-19(2)20(3,4)25-21(24-19)17-11-7-15(8-12-17)16-9-13-18(14-10-16)22-26(5,6)23/h7-14H,1-6H3. The Bertz CT molecular complexity index is 887. The van der Waals surface area contributed by atoms with Gasteiger partial charge in [0.15, 0.2) is 0 Å². The number of nitrogens with zero attached hydrogens (tertiary/aromatic N) is 1. The van der Waals surface area contributed by atoms with Crippen LogP contribution in [-0.4, -0.2) is 35.0 Å². The fourth-order valence-corrected chi connectivity index (χ4v) is 3.41. The number of rotatable bonds is 3. The summed E-state index contributed by atoms with van der Waals surface area (Å²) in [6.07, 6.45) is 3.27. The molecule has 0 aromatic heterocycles. The molecule has 6 heteroatoms. The van der Waals surface area contributed by atoms with Gasteiger partial charge in [-0.05, 0) is 56.4 Å². The number of benzene rings is 2. The van der Waals surface area contributed by atoms with E-state index in [1.807, 2.05) is 36.4 Å². The zero-order valence-electron chi connectivity index (χ0n) is 16.3. The van der Waals surface area contributed by atoms with E-state index in [-0.39, 0.29) is 18.3 Å². The van der Waals surface area contributed by atoms with Gasteiger partial charge >= 0.3 is 7.12 Å². The summed E-state index contributed by atoms with van der Waals surface area (Å²) in [5, 5.41) is 0. The van der Waals surface area contributed by atoms with E-state index >= 15 is 0 Å². The van der Waals surface area contributed by atoms with E-state index in [1.54, 1.807) is 12.5 Å². The predicted octanol–water partition coefficient (Wildman–Crippen LogP) is 4.01. The molecule has 0 radical (unpaired) electrons. The molecule has 0 atom stereocenters. The molecule has 0 spiro atoms. The first-order valence-corrected chi connectivity index (χ1v) is 11.0. The van der Waals surface area contributed by atoms with E-state index in [0.717, 1.165) is 22.3 Å². The third-order valence-electron chi connectivity index (χ3n) is 4.96. The maximum absolute atomic E-state index is 11.8. The van der Waals surface area contributed by atoms with Gasteiger partial charge in [-0.25, -0.2) is 4.21 Å². The van der Waals surface area contributed by atoms with Gasteiger partial charge in [0.25, 0.3) is 0 Å². The number of hydrogen-bond donors (Lipinski definition) is 0. The average Bonchev–Trinajstić information content (AvgIpc) is 2.75. The Morgan fingerprint density at radius 1 is 0.808 bits per heavy atom. The minimum atomic E-state index is -2.14. The van der Waals surface area contributed by atoms with Crippen LogP contribution in [0.2, 0.25) is 0 Å². The van der Waals surface area contributed by atoms with Crippen molar-refractivity contribution in [3.63, 3.8) is 0 Å². The van der Waals surface area contributed by atoms with Gasteiger partial charge in [-0.2, -0.15) is 4.36 Å². The lowest BCUT2D eigenvalue weighted by Gasteiger charge is -2.32. The second kappa shape index (κ2) is 6.52. The van der Waals surface area contributed by atoms with Gasteiger partial charge in [0.1, 0.15) is 0 Å². The zero-order chi connectivity index (χ0) is 19.2. The lowest BCUT2D eigenvalue weighted by Crippen LogP contribution is -2.41. The highest BCUT2D eigenvalue weighted by atomic mass is 32.2. The fraction of sp³-hybridized carbons (Fsp3) is 0.400. The van der Waals surface area contributed by atoms with E-state index in [1.165, 1.54) is 0 Å². The summed E-state index contributed by atoms with van der Waals surface area (Å²) >= 11 is 0. The van der Waals surface area contributed by atoms with Crippen molar-refractivity contribution in [2.45, 2.75) is 38.9 Å². The molecule has 3 rings (SSSR count). The lowest BCUT2D eigenvalue weighted by atomic mass is 9.78. The normalized spacial score (nSPS) is 18.8. The van der Waals surface area contributed by atoms with Crippen LogP contribution in [0.15, 0.2) is 52.9 Å². The maximum Gasteiger partial charge on any atom is 0.494 e. The van der Waals surface area contributed by atoms with Gasteiger partial charge in [-0.15, -0.1) is 0 Å². The second-order valence-electron chi connectivity index (χ2n) is 8.03. The third kappa shape index (κ3) is 4.03. The Kier molecular flexibility index (Phi) is 4.80. The molecule has 0 bridgehead atoms. The van der Waals surface area contributed by atoms with Crippen molar-refractivity contribution in [2.75, 3.05) is 12.5 Å². The van der Waals surface area contributed by atoms with E-state index < -0.39 is 9.73 Å². The molecule has 1 aliphatic heterocycles. The third-order valence-corrected chi connectivity index (χ3v) is 5.61. The lowest BCUT2D eigenvalue weighted by molar-refractivity contribution is 0.00578. The molecule has 138 valence electrons. The minimum absolute atomic E-state index is 0.340. The molecule has 0 unspecified atom stereocenters. The van der Waals surface area contributed by atoms with Crippen molar-refractivity contribution in [1.29, 1.82) is 0 Å². The molecule has 4 nitrogen and oxygen atoms in total. The zero-order valence-corrected chi connectivity index (χ0v) is 17.1. The van der Waals surface area contributed by atoms with Crippen LogP contribution in [-0.2, 0) is 19.0 Å². The molecule has 0 aliphatic carbocycles. The molecule has 1 fully saturated rings. The highest BCUT2D eigenvalue weighted by molar-refractivity contribution is 7.92. The molecular formula is C20H26BNO3S. The SMILES string of the molecule is CC1(C)OB(c2ccc(-c3ccc(N=S(C)(C)=O)cc3)cc2)OC1(C)C. The maximum atomic E-state index is 11.8. The van der Waals surface area contributed by atoms with Crippen LogP contribution in [0, 0.1) is 0 Å². The molecule has 26 heavy (non-hydrogen) atoms. The quantitative estimate of drug-likeness (QED) is 0.766. The Hall–Kier alpha value is -1.63. The van der Waals surface area contributed by atoms with Crippen LogP contribution in [0.3, 0.4) is 0 Å². The van der Waals surface area contributed by atoms with E-state index in [9.17, 15) is 4.21 Å². The van der Waals surface area contributed by atoms with Crippen LogP contribution in [0.25, 0.3) is 11.1 Å². The van der Waals surface area contributed by atoms with Gasteiger partial charge < -0.3 is 9.31 Å². The van der Waals surface area contributed by atoms with Crippen molar-refractivity contribution in [3.8, 4) is 11.1 Å². The van der Waals surface area contributed by atoms with Crippen LogP contribution >= 0.6 is 0 Å². The van der Waals surface area contributed by atoms with Crippen molar-refractivity contribution in [1.82, 2.24) is 0 Å². The molecule has 1 heterocycles. The summed E-state index contributed by atoms with van der Waals surface area (Å²) in [6.45, 7) is 8.22. The van der Waals surface area contributed by atoms with Gasteiger partial charge in [0, 0.05) is 22.2 Å². The monoisotopic (exact) mass is 371 g/mol. The first kappa shape index (κ1) is 19.1. The van der Waals surface area contributed by atoms with Crippen molar-refractivity contribution in [2.24, 2.45) is 4.36 Å². The van der Waals surface area contributed by atoms with E-state index in [4.69, 9.17) is 9.31 Å². The Labute approximate surface area is 157 Å². The Morgan fingerprint density at radius 2 is 1.23 bits per heavy atom. The Balaban J connectivity index is 1.80. The van der Waals surface area contributed by atoms with Gasteiger partial charge in [0.2, 0.25) is 0 Å². The molecule has 0 saturated carbocycles. The molecule has 0 N–H and O–H groups in total. The van der Waals surface area contributed by atoms with E-state index in [0.29, 0.717) is 0 Å². The van der Waals surface area contributed by atoms with Crippen LogP contribution in [0.1, 0.15) is 27.7 Å². The molecule has 1 aliphatic rings. The highest BCUT2D eigenvalue weighted by Crippen LogP contribution is 2.36. The predicted molar refractivity (Wildman–Crippen MR) is 110 cm³/mol. The minimum Gasteiger partial charge on any atom is -0.399 e. The summed E-state index contributed by atoms with van der Waals surface area (Å²) in [6, 6.07) is 16.0. The van der Waals surface area contributed by atoms with E-state index in [2.05, 4.69) is 44.2 Å². The van der Waals surface area contributed by atoms with Gasteiger partial charge in [-0.1, -0.05) is 36.4 Å². The summed E-state index contributed by atoms with van der Waals surface area (Å²) in [4.78, 5) is 0. The summed E-state index contributed by atoms with van der Waals surface area (Å²) < 4.78 is 28.2. The van der Waals surface area contributed by atoms with Crippen molar-refractivity contribution < 1.29 is 13.5 Å². The van der Waals surface area contributed by atoms with Crippen molar-refractivity contribution >= 4 is 28.0 Å². The summed E-state index contributed by atoms with van der Waals surface area (Å²) in [7, 11) is -2.49. The topological polar surface area (TPSA) is 47.9 Å². The molecule has 0 amide bonds. The molecule has 2 aromatic rings. The fourth-order valence-electron chi connectivity index (χ4n) is 2.78. The average molecular weight is 371 g/mol. The molecular weight excluding hydrogens is 345 g/mol.